The van der Waals surface area contributed by atoms with Gasteiger partial charge in [-0.1, -0.05) is 0 Å². The fourth-order valence-corrected chi connectivity index (χ4v) is 3.15. The molecule has 1 aromatic heterocycles. The SMILES string of the molecule is CCOC(=O)C1C[C@@H]1c1ccc(Br)s1. The molecule has 0 bridgehead atoms. The predicted octanol–water partition coefficient (Wildman–Crippen LogP) is 3.18. The molecular formula is C10H11BrO2S. The van der Waals surface area contributed by atoms with Crippen LogP contribution >= 0.6 is 27.3 Å². The molecule has 0 saturated heterocycles. The topological polar surface area (TPSA) is 26.3 Å². The predicted molar refractivity (Wildman–Crippen MR) is 59.5 cm³/mol. The van der Waals surface area contributed by atoms with Crippen LogP contribution in [0.5, 0.6) is 0 Å². The second-order valence-corrected chi connectivity index (χ2v) is 5.84. The third-order valence-electron chi connectivity index (χ3n) is 2.34. The molecule has 1 saturated carbocycles. The second kappa shape index (κ2) is 4.03. The molecule has 1 heterocycles. The largest absolute Gasteiger partial charge is 0.466 e. The van der Waals surface area contributed by atoms with E-state index in [9.17, 15) is 4.79 Å². The minimum absolute atomic E-state index is 0.0398. The van der Waals surface area contributed by atoms with Gasteiger partial charge in [0.2, 0.25) is 0 Å². The Bertz CT molecular complexity index is 348. The van der Waals surface area contributed by atoms with Crippen LogP contribution in [-0.2, 0) is 9.53 Å². The van der Waals surface area contributed by atoms with Gasteiger partial charge in [0.1, 0.15) is 0 Å². The molecular weight excluding hydrogens is 264 g/mol. The van der Waals surface area contributed by atoms with Crippen molar-refractivity contribution in [1.29, 1.82) is 0 Å². The molecule has 1 aliphatic rings. The minimum Gasteiger partial charge on any atom is -0.466 e. The van der Waals surface area contributed by atoms with Gasteiger partial charge >= 0.3 is 5.97 Å². The van der Waals surface area contributed by atoms with E-state index in [1.54, 1.807) is 11.3 Å². The smallest absolute Gasteiger partial charge is 0.309 e. The Morgan fingerprint density at radius 3 is 3.07 bits per heavy atom. The monoisotopic (exact) mass is 274 g/mol. The standard InChI is InChI=1S/C10H11BrO2S/c1-2-13-10(12)7-5-6(7)8-3-4-9(11)14-8/h3-4,6-7H,2,5H2,1H3/t6-,7?/m0/s1. The van der Waals surface area contributed by atoms with E-state index < -0.39 is 0 Å². The Kier molecular flexibility index (Phi) is 2.93. The molecule has 0 spiro atoms. The van der Waals surface area contributed by atoms with Crippen LogP contribution in [0.2, 0.25) is 0 Å². The summed E-state index contributed by atoms with van der Waals surface area (Å²) in [5.74, 6) is 0.480. The summed E-state index contributed by atoms with van der Waals surface area (Å²) in [5, 5.41) is 0. The molecule has 0 radical (unpaired) electrons. The first-order chi connectivity index (χ1) is 6.72. The lowest BCUT2D eigenvalue weighted by Crippen LogP contribution is -2.06. The first-order valence-electron chi connectivity index (χ1n) is 4.64. The molecule has 2 rings (SSSR count). The Morgan fingerprint density at radius 2 is 2.50 bits per heavy atom. The van der Waals surface area contributed by atoms with E-state index in [4.69, 9.17) is 4.74 Å². The molecule has 14 heavy (non-hydrogen) atoms. The van der Waals surface area contributed by atoms with E-state index >= 15 is 0 Å². The molecule has 0 aromatic carbocycles. The number of carbonyl (C=O) groups is 1. The number of ether oxygens (including phenoxy) is 1. The van der Waals surface area contributed by atoms with E-state index in [0.717, 1.165) is 10.2 Å². The van der Waals surface area contributed by atoms with Gasteiger partial charge in [-0.3, -0.25) is 4.79 Å². The van der Waals surface area contributed by atoms with Gasteiger partial charge in [-0.25, -0.2) is 0 Å². The Morgan fingerprint density at radius 1 is 1.71 bits per heavy atom. The van der Waals surface area contributed by atoms with Crippen LogP contribution in [0.4, 0.5) is 0 Å². The van der Waals surface area contributed by atoms with Crippen molar-refractivity contribution < 1.29 is 9.53 Å². The van der Waals surface area contributed by atoms with E-state index in [2.05, 4.69) is 22.0 Å². The first-order valence-corrected chi connectivity index (χ1v) is 6.25. The van der Waals surface area contributed by atoms with Crippen LogP contribution in [0.25, 0.3) is 0 Å². The quantitative estimate of drug-likeness (QED) is 0.792. The molecule has 4 heteroatoms. The van der Waals surface area contributed by atoms with Crippen molar-refractivity contribution in [3.63, 3.8) is 0 Å². The molecule has 1 fully saturated rings. The number of hydrogen-bond donors (Lipinski definition) is 0. The summed E-state index contributed by atoms with van der Waals surface area (Å²) in [5.41, 5.74) is 0. The summed E-state index contributed by atoms with van der Waals surface area (Å²) in [6.45, 7) is 2.33. The number of esters is 1. The number of carbonyl (C=O) groups excluding carboxylic acids is 1. The highest BCUT2D eigenvalue weighted by atomic mass is 79.9. The Balaban J connectivity index is 1.96. The lowest BCUT2D eigenvalue weighted by atomic mass is 10.3. The Labute approximate surface area is 95.4 Å². The van der Waals surface area contributed by atoms with Gasteiger partial charge in [-0.2, -0.15) is 0 Å². The van der Waals surface area contributed by atoms with Crippen molar-refractivity contribution in [1.82, 2.24) is 0 Å². The van der Waals surface area contributed by atoms with E-state index in [1.807, 2.05) is 13.0 Å². The summed E-state index contributed by atoms with van der Waals surface area (Å²) in [4.78, 5) is 12.7. The zero-order valence-corrected chi connectivity index (χ0v) is 10.2. The third kappa shape index (κ3) is 2.01. The lowest BCUT2D eigenvalue weighted by Gasteiger charge is -1.98. The molecule has 1 aromatic rings. The zero-order valence-electron chi connectivity index (χ0n) is 7.83. The molecule has 0 aliphatic heterocycles. The highest BCUT2D eigenvalue weighted by Gasteiger charge is 2.45. The van der Waals surface area contributed by atoms with Gasteiger partial charge in [-0.15, -0.1) is 11.3 Å². The van der Waals surface area contributed by atoms with Gasteiger partial charge in [-0.05, 0) is 41.4 Å². The molecule has 1 unspecified atom stereocenters. The molecule has 0 N–H and O–H groups in total. The van der Waals surface area contributed by atoms with Crippen molar-refractivity contribution in [2.24, 2.45) is 5.92 Å². The number of halogens is 1. The van der Waals surface area contributed by atoms with Gasteiger partial charge in [0, 0.05) is 10.8 Å². The number of thiophene rings is 1. The van der Waals surface area contributed by atoms with Gasteiger partial charge in [0.15, 0.2) is 0 Å². The van der Waals surface area contributed by atoms with Crippen LogP contribution < -0.4 is 0 Å². The van der Waals surface area contributed by atoms with Gasteiger partial charge in [0.05, 0.1) is 16.3 Å². The van der Waals surface area contributed by atoms with E-state index in [-0.39, 0.29) is 11.9 Å². The summed E-state index contributed by atoms with van der Waals surface area (Å²) in [6.07, 6.45) is 0.950. The van der Waals surface area contributed by atoms with Crippen LogP contribution in [0.1, 0.15) is 24.1 Å². The van der Waals surface area contributed by atoms with Gasteiger partial charge in [0.25, 0.3) is 0 Å². The average Bonchev–Trinajstić information content (AvgIpc) is 2.84. The Hall–Kier alpha value is -0.350. The maximum atomic E-state index is 11.4. The summed E-state index contributed by atoms with van der Waals surface area (Å²) in [7, 11) is 0. The van der Waals surface area contributed by atoms with Gasteiger partial charge < -0.3 is 4.74 Å². The van der Waals surface area contributed by atoms with Crippen LogP contribution in [0.3, 0.4) is 0 Å². The van der Waals surface area contributed by atoms with Crippen LogP contribution in [0, 0.1) is 5.92 Å². The summed E-state index contributed by atoms with van der Waals surface area (Å²) < 4.78 is 6.11. The number of rotatable bonds is 3. The van der Waals surface area contributed by atoms with E-state index in [0.29, 0.717) is 12.5 Å². The van der Waals surface area contributed by atoms with Crippen molar-refractivity contribution >= 4 is 33.2 Å². The lowest BCUT2D eigenvalue weighted by molar-refractivity contribution is -0.144. The number of hydrogen-bond acceptors (Lipinski definition) is 3. The highest BCUT2D eigenvalue weighted by molar-refractivity contribution is 9.11. The van der Waals surface area contributed by atoms with Crippen LogP contribution in [0.15, 0.2) is 15.9 Å². The third-order valence-corrected chi connectivity index (χ3v) is 4.09. The highest BCUT2D eigenvalue weighted by Crippen LogP contribution is 2.50. The maximum Gasteiger partial charge on any atom is 0.309 e. The van der Waals surface area contributed by atoms with Crippen molar-refractivity contribution in [2.45, 2.75) is 19.3 Å². The fourth-order valence-electron chi connectivity index (χ4n) is 1.55. The maximum absolute atomic E-state index is 11.4. The molecule has 76 valence electrons. The minimum atomic E-state index is -0.0398. The molecule has 0 amide bonds. The summed E-state index contributed by atoms with van der Waals surface area (Å²) >= 11 is 5.12. The first kappa shape index (κ1) is 10.2. The molecule has 2 atom stereocenters. The average molecular weight is 275 g/mol. The van der Waals surface area contributed by atoms with E-state index in [1.165, 1.54) is 4.88 Å². The second-order valence-electron chi connectivity index (χ2n) is 3.34. The normalized spacial score (nSPS) is 24.7. The van der Waals surface area contributed by atoms with Crippen molar-refractivity contribution in [2.75, 3.05) is 6.61 Å². The molecule has 2 nitrogen and oxygen atoms in total. The van der Waals surface area contributed by atoms with Crippen molar-refractivity contribution in [3.8, 4) is 0 Å². The zero-order chi connectivity index (χ0) is 10.1. The summed E-state index contributed by atoms with van der Waals surface area (Å²) in [6, 6.07) is 4.11. The fraction of sp³-hybridized carbons (Fsp3) is 0.500. The van der Waals surface area contributed by atoms with Crippen LogP contribution in [-0.4, -0.2) is 12.6 Å². The van der Waals surface area contributed by atoms with Crippen molar-refractivity contribution in [3.05, 3.63) is 20.8 Å². The molecule has 1 aliphatic carbocycles.